The Morgan fingerprint density at radius 2 is 1.95 bits per heavy atom. The van der Waals surface area contributed by atoms with Gasteiger partial charge in [0.05, 0.1) is 15.3 Å². The van der Waals surface area contributed by atoms with E-state index < -0.39 is 11.7 Å². The fraction of sp³-hybridized carbons (Fsp3) is 0.143. The van der Waals surface area contributed by atoms with Crippen molar-refractivity contribution in [1.29, 1.82) is 0 Å². The van der Waals surface area contributed by atoms with Gasteiger partial charge in [-0.2, -0.15) is 13.2 Å². The lowest BCUT2D eigenvalue weighted by Gasteiger charge is -2.08. The molecule has 0 aliphatic heterocycles. The number of hydrogen-bond donors (Lipinski definition) is 0. The van der Waals surface area contributed by atoms with Gasteiger partial charge in [0.2, 0.25) is 5.88 Å². The molecular weight excluding hydrogens is 381 g/mol. The van der Waals surface area contributed by atoms with Crippen LogP contribution in [0.4, 0.5) is 13.2 Å². The van der Waals surface area contributed by atoms with Gasteiger partial charge in [-0.25, -0.2) is 9.97 Å². The molecule has 0 aliphatic rings. The van der Waals surface area contributed by atoms with E-state index in [0.717, 1.165) is 26.4 Å². The Hall–Kier alpha value is -1.67. The summed E-state index contributed by atoms with van der Waals surface area (Å²) in [6, 6.07) is 5.63. The molecule has 0 bridgehead atoms. The number of halogens is 4. The maximum atomic E-state index is 12.5. The number of thiazole rings is 1. The predicted molar refractivity (Wildman–Crippen MR) is 81.4 cm³/mol. The van der Waals surface area contributed by atoms with Crippen molar-refractivity contribution in [3.63, 3.8) is 0 Å². The zero-order chi connectivity index (χ0) is 15.9. The van der Waals surface area contributed by atoms with Crippen molar-refractivity contribution in [3.8, 4) is 11.6 Å². The summed E-state index contributed by atoms with van der Waals surface area (Å²) in [5.41, 5.74) is -0.163. The van der Waals surface area contributed by atoms with Crippen molar-refractivity contribution in [2.45, 2.75) is 13.1 Å². The van der Waals surface area contributed by atoms with Crippen molar-refractivity contribution in [2.24, 2.45) is 0 Å². The topological polar surface area (TPSA) is 35.0 Å². The summed E-state index contributed by atoms with van der Waals surface area (Å²) in [6.45, 7) is 1.87. The average Bonchev–Trinajstić information content (AvgIpc) is 2.84. The molecule has 0 saturated carbocycles. The highest BCUT2D eigenvalue weighted by Gasteiger charge is 2.30. The smallest absolute Gasteiger partial charge is 0.417 e. The number of hydrogen-bond acceptors (Lipinski definition) is 4. The van der Waals surface area contributed by atoms with Crippen LogP contribution in [0.25, 0.3) is 10.2 Å². The normalized spacial score (nSPS) is 11.9. The monoisotopic (exact) mass is 388 g/mol. The first-order valence-corrected chi connectivity index (χ1v) is 7.72. The van der Waals surface area contributed by atoms with Gasteiger partial charge in [-0.05, 0) is 41.1 Å². The summed E-state index contributed by atoms with van der Waals surface area (Å²) in [4.78, 5) is 8.08. The molecule has 3 aromatic rings. The van der Waals surface area contributed by atoms with Gasteiger partial charge in [0, 0.05) is 16.7 Å². The Balaban J connectivity index is 1.95. The third-order valence-electron chi connectivity index (χ3n) is 2.84. The molecule has 114 valence electrons. The number of alkyl halides is 3. The van der Waals surface area contributed by atoms with Crippen LogP contribution >= 0.6 is 27.3 Å². The largest absolute Gasteiger partial charge is 0.437 e. The van der Waals surface area contributed by atoms with E-state index in [4.69, 9.17) is 4.74 Å². The third kappa shape index (κ3) is 2.93. The Bertz CT molecular complexity index is 830. The summed E-state index contributed by atoms with van der Waals surface area (Å²) in [5, 5.41) is 0.868. The molecule has 3 rings (SSSR count). The molecule has 3 nitrogen and oxygen atoms in total. The zero-order valence-corrected chi connectivity index (χ0v) is 13.5. The number of aryl methyl sites for hydroxylation is 1. The Labute approximate surface area is 135 Å². The molecule has 0 saturated heterocycles. The molecule has 2 aromatic heterocycles. The van der Waals surface area contributed by atoms with E-state index in [2.05, 4.69) is 25.9 Å². The first-order valence-electron chi connectivity index (χ1n) is 6.11. The molecule has 22 heavy (non-hydrogen) atoms. The second kappa shape index (κ2) is 5.51. The lowest BCUT2D eigenvalue weighted by molar-refractivity contribution is -0.137. The molecule has 2 heterocycles. The SMILES string of the molecule is Cc1nc2c(Oc3ccc(C(F)(F)F)cn3)ccc(Br)c2s1. The second-order valence-corrected chi connectivity index (χ2v) is 6.50. The number of benzene rings is 1. The minimum Gasteiger partial charge on any atom is -0.437 e. The van der Waals surface area contributed by atoms with E-state index in [-0.39, 0.29) is 5.88 Å². The molecule has 0 atom stereocenters. The average molecular weight is 389 g/mol. The number of nitrogens with zero attached hydrogens (tertiary/aromatic N) is 2. The van der Waals surface area contributed by atoms with Gasteiger partial charge in [0.1, 0.15) is 5.52 Å². The number of rotatable bonds is 2. The van der Waals surface area contributed by atoms with E-state index in [0.29, 0.717) is 11.3 Å². The van der Waals surface area contributed by atoms with Crippen LogP contribution in [0.1, 0.15) is 10.6 Å². The molecule has 0 amide bonds. The van der Waals surface area contributed by atoms with E-state index in [1.807, 2.05) is 6.92 Å². The standard InChI is InChI=1S/C14H8BrF3N2OS/c1-7-20-12-10(4-3-9(15)13(12)22-7)21-11-5-2-8(6-19-11)14(16,17)18/h2-6H,1H3. The van der Waals surface area contributed by atoms with Crippen molar-refractivity contribution < 1.29 is 17.9 Å². The van der Waals surface area contributed by atoms with Crippen LogP contribution in [0.3, 0.4) is 0 Å². The van der Waals surface area contributed by atoms with E-state index >= 15 is 0 Å². The predicted octanol–water partition coefficient (Wildman–Crippen LogP) is 5.57. The third-order valence-corrected chi connectivity index (χ3v) is 4.77. The number of fused-ring (bicyclic) bond motifs is 1. The van der Waals surface area contributed by atoms with Gasteiger partial charge in [-0.15, -0.1) is 11.3 Å². The van der Waals surface area contributed by atoms with Crippen LogP contribution in [0.2, 0.25) is 0 Å². The lowest BCUT2D eigenvalue weighted by Crippen LogP contribution is -2.05. The zero-order valence-electron chi connectivity index (χ0n) is 11.1. The molecule has 0 spiro atoms. The molecule has 0 aliphatic carbocycles. The summed E-state index contributed by atoms with van der Waals surface area (Å²) in [7, 11) is 0. The summed E-state index contributed by atoms with van der Waals surface area (Å²) < 4.78 is 44.9. The van der Waals surface area contributed by atoms with Crippen LogP contribution in [-0.4, -0.2) is 9.97 Å². The molecular formula is C14H8BrF3N2OS. The maximum absolute atomic E-state index is 12.5. The lowest BCUT2D eigenvalue weighted by atomic mass is 10.3. The first kappa shape index (κ1) is 15.2. The van der Waals surface area contributed by atoms with Crippen molar-refractivity contribution in [1.82, 2.24) is 9.97 Å². The van der Waals surface area contributed by atoms with Crippen LogP contribution < -0.4 is 4.74 Å². The van der Waals surface area contributed by atoms with Crippen molar-refractivity contribution >= 4 is 37.5 Å². The van der Waals surface area contributed by atoms with Crippen molar-refractivity contribution in [2.75, 3.05) is 0 Å². The fourth-order valence-corrected chi connectivity index (χ4v) is 3.27. The minimum absolute atomic E-state index is 0.0854. The summed E-state index contributed by atoms with van der Waals surface area (Å²) in [6.07, 6.45) is -3.67. The molecule has 1 aromatic carbocycles. The summed E-state index contributed by atoms with van der Waals surface area (Å²) in [5.74, 6) is 0.539. The number of ether oxygens (including phenoxy) is 1. The molecule has 8 heteroatoms. The van der Waals surface area contributed by atoms with Gasteiger partial charge < -0.3 is 4.74 Å². The number of aromatic nitrogens is 2. The summed E-state index contributed by atoms with van der Waals surface area (Å²) >= 11 is 4.94. The molecule has 0 unspecified atom stereocenters. The van der Waals surface area contributed by atoms with Gasteiger partial charge >= 0.3 is 6.18 Å². The van der Waals surface area contributed by atoms with E-state index in [9.17, 15) is 13.2 Å². The Morgan fingerprint density at radius 1 is 1.18 bits per heavy atom. The highest BCUT2D eigenvalue weighted by molar-refractivity contribution is 9.10. The van der Waals surface area contributed by atoms with Gasteiger partial charge in [0.25, 0.3) is 0 Å². The molecule has 0 fully saturated rings. The van der Waals surface area contributed by atoms with Gasteiger partial charge in [0.15, 0.2) is 5.75 Å². The van der Waals surface area contributed by atoms with Gasteiger partial charge in [-0.3, -0.25) is 0 Å². The Morgan fingerprint density at radius 3 is 2.59 bits per heavy atom. The van der Waals surface area contributed by atoms with E-state index in [1.165, 1.54) is 17.4 Å². The second-order valence-electron chi connectivity index (χ2n) is 4.44. The molecule has 0 N–H and O–H groups in total. The van der Waals surface area contributed by atoms with Crippen LogP contribution in [0, 0.1) is 6.92 Å². The van der Waals surface area contributed by atoms with E-state index in [1.54, 1.807) is 12.1 Å². The Kier molecular flexibility index (Phi) is 3.82. The maximum Gasteiger partial charge on any atom is 0.417 e. The van der Waals surface area contributed by atoms with Crippen LogP contribution in [0.15, 0.2) is 34.9 Å². The highest BCUT2D eigenvalue weighted by atomic mass is 79.9. The van der Waals surface area contributed by atoms with Crippen LogP contribution in [0.5, 0.6) is 11.6 Å². The highest BCUT2D eigenvalue weighted by Crippen LogP contribution is 2.37. The first-order chi connectivity index (χ1) is 10.3. The van der Waals surface area contributed by atoms with Crippen molar-refractivity contribution in [3.05, 3.63) is 45.5 Å². The van der Waals surface area contributed by atoms with Gasteiger partial charge in [-0.1, -0.05) is 0 Å². The number of pyridine rings is 1. The van der Waals surface area contributed by atoms with Crippen LogP contribution in [-0.2, 0) is 6.18 Å². The molecule has 0 radical (unpaired) electrons. The fourth-order valence-electron chi connectivity index (χ4n) is 1.86. The quantitative estimate of drug-likeness (QED) is 0.575. The minimum atomic E-state index is -4.41.